The second-order valence-electron chi connectivity index (χ2n) is 5.25. The van der Waals surface area contributed by atoms with Crippen LogP contribution in [0.1, 0.15) is 17.5 Å². The lowest BCUT2D eigenvalue weighted by atomic mass is 10.2. The number of hydrogen-bond acceptors (Lipinski definition) is 6. The van der Waals surface area contributed by atoms with E-state index in [-0.39, 0.29) is 12.3 Å². The Morgan fingerprint density at radius 2 is 2.20 bits per heavy atom. The third-order valence-electron chi connectivity index (χ3n) is 3.46. The van der Waals surface area contributed by atoms with Crippen molar-refractivity contribution in [2.24, 2.45) is 5.73 Å². The maximum Gasteiger partial charge on any atom is 0.219 e. The first-order chi connectivity index (χ1) is 12.2. The molecule has 0 saturated carbocycles. The number of primary amides is 1. The van der Waals surface area contributed by atoms with Gasteiger partial charge in [-0.05, 0) is 29.1 Å². The number of nitriles is 1. The molecule has 0 aliphatic rings. The van der Waals surface area contributed by atoms with Gasteiger partial charge in [-0.15, -0.1) is 21.5 Å². The molecule has 25 heavy (non-hydrogen) atoms. The third kappa shape index (κ3) is 4.26. The second-order valence-corrected chi connectivity index (χ2v) is 7.14. The summed E-state index contributed by atoms with van der Waals surface area (Å²) in [6.45, 7) is 0.441. The van der Waals surface area contributed by atoms with Crippen LogP contribution in [0.25, 0.3) is 10.7 Å². The highest BCUT2D eigenvalue weighted by Crippen LogP contribution is 2.29. The van der Waals surface area contributed by atoms with Crippen LogP contribution >= 0.6 is 23.1 Å². The van der Waals surface area contributed by atoms with E-state index >= 15 is 0 Å². The zero-order valence-electron chi connectivity index (χ0n) is 13.3. The maximum absolute atomic E-state index is 11.2. The molecular weight excluding hydrogens is 354 g/mol. The number of amides is 1. The van der Waals surface area contributed by atoms with Crippen molar-refractivity contribution < 1.29 is 4.79 Å². The summed E-state index contributed by atoms with van der Waals surface area (Å²) >= 11 is 3.09. The molecule has 1 amide bonds. The van der Waals surface area contributed by atoms with Gasteiger partial charge >= 0.3 is 0 Å². The smallest absolute Gasteiger partial charge is 0.219 e. The molecule has 8 heteroatoms. The zero-order chi connectivity index (χ0) is 17.6. The van der Waals surface area contributed by atoms with E-state index < -0.39 is 0 Å². The number of carbonyl (C=O) groups is 1. The van der Waals surface area contributed by atoms with Crippen LogP contribution in [-0.4, -0.2) is 20.7 Å². The highest BCUT2D eigenvalue weighted by molar-refractivity contribution is 7.98. The minimum absolute atomic E-state index is 0.230. The van der Waals surface area contributed by atoms with Gasteiger partial charge in [0.2, 0.25) is 5.91 Å². The molecule has 0 bridgehead atoms. The topological polar surface area (TPSA) is 97.6 Å². The van der Waals surface area contributed by atoms with E-state index in [0.29, 0.717) is 17.9 Å². The van der Waals surface area contributed by atoms with Gasteiger partial charge < -0.3 is 10.3 Å². The van der Waals surface area contributed by atoms with E-state index in [1.54, 1.807) is 17.4 Å². The standard InChI is InChI=1S/C17H15N5OS2/c18-10-12-3-1-4-13(9-12)11-25-17-21-20-16(14-5-2-8-24-14)22(17)7-6-15(19)23/h1-5,8-9H,6-7,11H2,(H2,19,23). The SMILES string of the molecule is N#Cc1cccc(CSc2nnc(-c3cccs3)n2CCC(N)=O)c1. The fraction of sp³-hybridized carbons (Fsp3) is 0.176. The van der Waals surface area contributed by atoms with Crippen molar-refractivity contribution in [3.05, 3.63) is 52.9 Å². The summed E-state index contributed by atoms with van der Waals surface area (Å²) in [5.41, 5.74) is 6.96. The van der Waals surface area contributed by atoms with Gasteiger partial charge in [-0.3, -0.25) is 4.79 Å². The van der Waals surface area contributed by atoms with Crippen molar-refractivity contribution in [3.8, 4) is 16.8 Å². The van der Waals surface area contributed by atoms with Gasteiger partial charge in [0.05, 0.1) is 16.5 Å². The first-order valence-corrected chi connectivity index (χ1v) is 9.41. The van der Waals surface area contributed by atoms with Crippen molar-refractivity contribution >= 4 is 29.0 Å². The average molecular weight is 369 g/mol. The molecule has 2 aromatic heterocycles. The molecule has 3 aromatic rings. The molecule has 0 aliphatic carbocycles. The number of benzene rings is 1. The number of rotatable bonds is 7. The summed E-state index contributed by atoms with van der Waals surface area (Å²) in [6.07, 6.45) is 0.230. The summed E-state index contributed by atoms with van der Waals surface area (Å²) < 4.78 is 1.93. The molecular formula is C17H15N5OS2. The molecule has 126 valence electrons. The molecule has 2 heterocycles. The van der Waals surface area contributed by atoms with Gasteiger partial charge in [-0.25, -0.2) is 0 Å². The maximum atomic E-state index is 11.2. The lowest BCUT2D eigenvalue weighted by Crippen LogP contribution is -2.14. The molecule has 3 rings (SSSR count). The number of nitrogens with two attached hydrogens (primary N) is 1. The summed E-state index contributed by atoms with van der Waals surface area (Å²) in [5, 5.41) is 20.3. The molecule has 0 saturated heterocycles. The van der Waals surface area contributed by atoms with E-state index in [0.717, 1.165) is 21.4 Å². The van der Waals surface area contributed by atoms with Gasteiger partial charge in [0.15, 0.2) is 11.0 Å². The monoisotopic (exact) mass is 369 g/mol. The Balaban J connectivity index is 1.82. The van der Waals surface area contributed by atoms with Crippen LogP contribution in [0.15, 0.2) is 46.9 Å². The Morgan fingerprint density at radius 3 is 2.92 bits per heavy atom. The molecule has 2 N–H and O–H groups in total. The summed E-state index contributed by atoms with van der Waals surface area (Å²) in [4.78, 5) is 12.2. The number of hydrogen-bond donors (Lipinski definition) is 1. The lowest BCUT2D eigenvalue weighted by Gasteiger charge is -2.08. The molecule has 0 fully saturated rings. The van der Waals surface area contributed by atoms with Crippen LogP contribution in [0.3, 0.4) is 0 Å². The van der Waals surface area contributed by atoms with Gasteiger partial charge in [-0.1, -0.05) is 30.0 Å². The average Bonchev–Trinajstić information content (AvgIpc) is 3.27. The molecule has 0 spiro atoms. The van der Waals surface area contributed by atoms with E-state index in [4.69, 9.17) is 11.0 Å². The van der Waals surface area contributed by atoms with Crippen molar-refractivity contribution in [2.45, 2.75) is 23.9 Å². The van der Waals surface area contributed by atoms with Crippen LogP contribution < -0.4 is 5.73 Å². The molecule has 0 radical (unpaired) electrons. The van der Waals surface area contributed by atoms with Crippen molar-refractivity contribution in [1.82, 2.24) is 14.8 Å². The normalized spacial score (nSPS) is 10.5. The van der Waals surface area contributed by atoms with Crippen LogP contribution in [0.4, 0.5) is 0 Å². The summed E-state index contributed by atoms with van der Waals surface area (Å²) in [5.74, 6) is 1.04. The minimum atomic E-state index is -0.358. The van der Waals surface area contributed by atoms with Gasteiger partial charge in [0, 0.05) is 18.7 Å². The van der Waals surface area contributed by atoms with E-state index in [9.17, 15) is 4.79 Å². The zero-order valence-corrected chi connectivity index (χ0v) is 14.9. The molecule has 1 aromatic carbocycles. The number of thiophene rings is 1. The Morgan fingerprint density at radius 1 is 1.32 bits per heavy atom. The van der Waals surface area contributed by atoms with Gasteiger partial charge in [0.1, 0.15) is 0 Å². The lowest BCUT2D eigenvalue weighted by molar-refractivity contribution is -0.118. The van der Waals surface area contributed by atoms with Crippen LogP contribution in [0.2, 0.25) is 0 Å². The van der Waals surface area contributed by atoms with Crippen LogP contribution in [0.5, 0.6) is 0 Å². The molecule has 0 unspecified atom stereocenters. The fourth-order valence-corrected chi connectivity index (χ4v) is 3.91. The quantitative estimate of drug-likeness (QED) is 0.646. The summed E-state index contributed by atoms with van der Waals surface area (Å²) in [6, 6.07) is 13.5. The number of aromatic nitrogens is 3. The Hall–Kier alpha value is -2.63. The Labute approximate surface area is 153 Å². The third-order valence-corrected chi connectivity index (χ3v) is 5.37. The highest BCUT2D eigenvalue weighted by Gasteiger charge is 2.16. The second kappa shape index (κ2) is 7.96. The fourth-order valence-electron chi connectivity index (χ4n) is 2.29. The summed E-state index contributed by atoms with van der Waals surface area (Å²) in [7, 11) is 0. The van der Waals surface area contributed by atoms with Crippen molar-refractivity contribution in [3.63, 3.8) is 0 Å². The highest BCUT2D eigenvalue weighted by atomic mass is 32.2. The number of nitrogens with zero attached hydrogens (tertiary/aromatic N) is 4. The van der Waals surface area contributed by atoms with Crippen LogP contribution in [-0.2, 0) is 17.1 Å². The van der Waals surface area contributed by atoms with E-state index in [2.05, 4.69) is 16.3 Å². The number of thioether (sulfide) groups is 1. The van der Waals surface area contributed by atoms with E-state index in [1.807, 2.05) is 40.3 Å². The first-order valence-electron chi connectivity index (χ1n) is 7.54. The number of carbonyl (C=O) groups excluding carboxylic acids is 1. The molecule has 0 atom stereocenters. The molecule has 0 aliphatic heterocycles. The minimum Gasteiger partial charge on any atom is -0.370 e. The van der Waals surface area contributed by atoms with Crippen LogP contribution in [0, 0.1) is 11.3 Å². The van der Waals surface area contributed by atoms with E-state index in [1.165, 1.54) is 11.8 Å². The predicted octanol–water partition coefficient (Wildman–Crippen LogP) is 3.05. The predicted molar refractivity (Wildman–Crippen MR) is 97.9 cm³/mol. The molecule has 6 nitrogen and oxygen atoms in total. The largest absolute Gasteiger partial charge is 0.370 e. The Bertz CT molecular complexity index is 912. The van der Waals surface area contributed by atoms with Crippen molar-refractivity contribution in [2.75, 3.05) is 0 Å². The Kier molecular flexibility index (Phi) is 5.48. The van der Waals surface area contributed by atoms with Gasteiger partial charge in [-0.2, -0.15) is 5.26 Å². The van der Waals surface area contributed by atoms with Gasteiger partial charge in [0.25, 0.3) is 0 Å². The first kappa shape index (κ1) is 17.2. The van der Waals surface area contributed by atoms with Crippen molar-refractivity contribution in [1.29, 1.82) is 5.26 Å².